The monoisotopic (exact) mass is 335 g/mol. The molecule has 2 aliphatic rings. The van der Waals surface area contributed by atoms with Crippen molar-refractivity contribution in [2.24, 2.45) is 11.8 Å². The first-order chi connectivity index (χ1) is 12.1. The van der Waals surface area contributed by atoms with Gasteiger partial charge in [0.25, 0.3) is 0 Å². The molecule has 1 aliphatic heterocycles. The Balaban J connectivity index is 2.20. The van der Waals surface area contributed by atoms with Crippen LogP contribution in [0.5, 0.6) is 0 Å². The summed E-state index contributed by atoms with van der Waals surface area (Å²) in [6.45, 7) is 8.74. The highest BCUT2D eigenvalue weighted by Crippen LogP contribution is 2.43. The summed E-state index contributed by atoms with van der Waals surface area (Å²) < 4.78 is 0. The molecule has 1 atom stereocenters. The van der Waals surface area contributed by atoms with Crippen molar-refractivity contribution in [1.82, 2.24) is 5.32 Å². The van der Waals surface area contributed by atoms with Crippen LogP contribution in [0.25, 0.3) is 5.57 Å². The Bertz CT molecular complexity index is 745. The van der Waals surface area contributed by atoms with E-state index in [2.05, 4.69) is 69.4 Å². The van der Waals surface area contributed by atoms with E-state index in [1.807, 2.05) is 0 Å². The van der Waals surface area contributed by atoms with Crippen molar-refractivity contribution in [3.8, 4) is 0 Å². The number of rotatable bonds is 5. The average molecular weight is 335 g/mol. The molecule has 1 fully saturated rings. The fourth-order valence-electron chi connectivity index (χ4n) is 4.20. The van der Waals surface area contributed by atoms with Gasteiger partial charge in [0.2, 0.25) is 5.91 Å². The highest BCUT2D eigenvalue weighted by Gasteiger charge is 2.40. The first kappa shape index (κ1) is 17.7. The van der Waals surface area contributed by atoms with Gasteiger partial charge >= 0.3 is 0 Å². The molecule has 1 saturated heterocycles. The lowest BCUT2D eigenvalue weighted by Crippen LogP contribution is -2.25. The molecule has 1 aliphatic carbocycles. The molecule has 2 nitrogen and oxygen atoms in total. The number of carbonyl (C=O) groups is 1. The van der Waals surface area contributed by atoms with Gasteiger partial charge in [0.05, 0.1) is 5.92 Å². The standard InChI is InChI=1S/C23H29NO/c1-5-16-11-13-18(14-12-16)20-15(4)9-8-10-19-22(20)21(23(25)24-19)17(6-2)7-3/h9-14,17,21H,5-8H2,1-4H3,(H,24,25). The quantitative estimate of drug-likeness (QED) is 0.765. The van der Waals surface area contributed by atoms with Crippen LogP contribution >= 0.6 is 0 Å². The van der Waals surface area contributed by atoms with Crippen molar-refractivity contribution < 1.29 is 4.79 Å². The predicted octanol–water partition coefficient (Wildman–Crippen LogP) is 5.42. The molecule has 1 N–H and O–H groups in total. The molecule has 0 spiro atoms. The molecule has 132 valence electrons. The molecule has 2 heteroatoms. The number of hydrogen-bond donors (Lipinski definition) is 1. The Morgan fingerprint density at radius 3 is 2.36 bits per heavy atom. The van der Waals surface area contributed by atoms with Crippen molar-refractivity contribution in [2.75, 3.05) is 0 Å². The van der Waals surface area contributed by atoms with E-state index in [9.17, 15) is 4.79 Å². The van der Waals surface area contributed by atoms with Gasteiger partial charge in [0, 0.05) is 5.70 Å². The van der Waals surface area contributed by atoms with E-state index in [-0.39, 0.29) is 11.8 Å². The summed E-state index contributed by atoms with van der Waals surface area (Å²) in [4.78, 5) is 12.8. The summed E-state index contributed by atoms with van der Waals surface area (Å²) in [5, 5.41) is 3.17. The number of carbonyl (C=O) groups excluding carboxylic acids is 1. The van der Waals surface area contributed by atoms with E-state index in [1.54, 1.807) is 0 Å². The van der Waals surface area contributed by atoms with Gasteiger partial charge in [-0.3, -0.25) is 4.79 Å². The number of hydrogen-bond acceptors (Lipinski definition) is 1. The van der Waals surface area contributed by atoms with E-state index in [1.165, 1.54) is 27.8 Å². The van der Waals surface area contributed by atoms with Crippen LogP contribution in [-0.4, -0.2) is 5.91 Å². The number of allylic oxidation sites excluding steroid dienone is 5. The zero-order valence-corrected chi connectivity index (χ0v) is 15.9. The second kappa shape index (κ2) is 7.43. The van der Waals surface area contributed by atoms with E-state index in [0.717, 1.165) is 31.4 Å². The molecule has 0 saturated carbocycles. The molecule has 3 rings (SSSR count). The van der Waals surface area contributed by atoms with Gasteiger partial charge in [0.1, 0.15) is 0 Å². The fourth-order valence-corrected chi connectivity index (χ4v) is 4.20. The lowest BCUT2D eigenvalue weighted by atomic mass is 9.79. The maximum absolute atomic E-state index is 12.8. The van der Waals surface area contributed by atoms with Gasteiger partial charge in [-0.05, 0) is 53.5 Å². The summed E-state index contributed by atoms with van der Waals surface area (Å²) >= 11 is 0. The normalized spacial score (nSPS) is 20.2. The van der Waals surface area contributed by atoms with Crippen molar-refractivity contribution in [3.05, 3.63) is 64.4 Å². The Labute approximate surface area is 151 Å². The minimum Gasteiger partial charge on any atom is -0.326 e. The number of aryl methyl sites for hydroxylation is 1. The van der Waals surface area contributed by atoms with Gasteiger partial charge in [-0.1, -0.05) is 70.0 Å². The van der Waals surface area contributed by atoms with Crippen LogP contribution < -0.4 is 5.32 Å². The highest BCUT2D eigenvalue weighted by atomic mass is 16.2. The highest BCUT2D eigenvalue weighted by molar-refractivity contribution is 5.97. The Hall–Kier alpha value is -2.09. The first-order valence-corrected chi connectivity index (χ1v) is 9.62. The first-order valence-electron chi connectivity index (χ1n) is 9.62. The van der Waals surface area contributed by atoms with E-state index in [0.29, 0.717) is 5.92 Å². The molecule has 1 aromatic rings. The van der Waals surface area contributed by atoms with Crippen LogP contribution in [0.3, 0.4) is 0 Å². The SMILES string of the molecule is CCc1ccc(C2=C3C(=CCC=C2C)NC(=O)C3C(CC)CC)cc1. The molecule has 0 bridgehead atoms. The second-order valence-corrected chi connectivity index (χ2v) is 7.12. The van der Waals surface area contributed by atoms with E-state index < -0.39 is 0 Å². The zero-order chi connectivity index (χ0) is 18.0. The number of fused-ring (bicyclic) bond motifs is 1. The van der Waals surface area contributed by atoms with Crippen LogP contribution in [-0.2, 0) is 11.2 Å². The number of amides is 1. The van der Waals surface area contributed by atoms with Crippen LogP contribution in [0, 0.1) is 11.8 Å². The summed E-state index contributed by atoms with van der Waals surface area (Å²) in [5.41, 5.74) is 7.34. The van der Waals surface area contributed by atoms with Crippen molar-refractivity contribution in [1.29, 1.82) is 0 Å². The van der Waals surface area contributed by atoms with Gasteiger partial charge in [0.15, 0.2) is 0 Å². The Kier molecular flexibility index (Phi) is 5.27. The van der Waals surface area contributed by atoms with Gasteiger partial charge < -0.3 is 5.32 Å². The molecule has 1 aromatic carbocycles. The maximum Gasteiger partial charge on any atom is 0.232 e. The van der Waals surface area contributed by atoms with Crippen molar-refractivity contribution in [3.63, 3.8) is 0 Å². The minimum atomic E-state index is -0.0384. The summed E-state index contributed by atoms with van der Waals surface area (Å²) in [7, 11) is 0. The van der Waals surface area contributed by atoms with Crippen LogP contribution in [0.15, 0.2) is 53.3 Å². The molecule has 1 unspecified atom stereocenters. The Morgan fingerprint density at radius 2 is 1.76 bits per heavy atom. The second-order valence-electron chi connectivity index (χ2n) is 7.12. The zero-order valence-electron chi connectivity index (χ0n) is 15.9. The smallest absolute Gasteiger partial charge is 0.232 e. The molecular formula is C23H29NO. The number of nitrogens with one attached hydrogen (secondary N) is 1. The van der Waals surface area contributed by atoms with Crippen LogP contribution in [0.4, 0.5) is 0 Å². The molecule has 1 amide bonds. The lowest BCUT2D eigenvalue weighted by molar-refractivity contribution is -0.123. The maximum atomic E-state index is 12.8. The fraction of sp³-hybridized carbons (Fsp3) is 0.435. The van der Waals surface area contributed by atoms with Crippen molar-refractivity contribution in [2.45, 2.75) is 53.4 Å². The number of benzene rings is 1. The summed E-state index contributed by atoms with van der Waals surface area (Å²) in [5.74, 6) is 0.521. The third-order valence-corrected chi connectivity index (χ3v) is 5.72. The summed E-state index contributed by atoms with van der Waals surface area (Å²) in [6, 6.07) is 8.85. The molecule has 0 radical (unpaired) electrons. The third-order valence-electron chi connectivity index (χ3n) is 5.72. The van der Waals surface area contributed by atoms with E-state index >= 15 is 0 Å². The molecule has 0 aromatic heterocycles. The van der Waals surface area contributed by atoms with Gasteiger partial charge in [-0.15, -0.1) is 0 Å². The van der Waals surface area contributed by atoms with Crippen molar-refractivity contribution >= 4 is 11.5 Å². The van der Waals surface area contributed by atoms with Gasteiger partial charge in [-0.2, -0.15) is 0 Å². The van der Waals surface area contributed by atoms with Gasteiger partial charge in [-0.25, -0.2) is 0 Å². The van der Waals surface area contributed by atoms with Crippen LogP contribution in [0.1, 0.15) is 58.1 Å². The predicted molar refractivity (Wildman–Crippen MR) is 105 cm³/mol. The van der Waals surface area contributed by atoms with E-state index in [4.69, 9.17) is 0 Å². The topological polar surface area (TPSA) is 29.1 Å². The summed E-state index contributed by atoms with van der Waals surface area (Å²) in [6.07, 6.45) is 8.41. The van der Waals surface area contributed by atoms with Crippen LogP contribution in [0.2, 0.25) is 0 Å². The third kappa shape index (κ3) is 3.22. The molecule has 25 heavy (non-hydrogen) atoms. The Morgan fingerprint density at radius 1 is 1.08 bits per heavy atom. The lowest BCUT2D eigenvalue weighted by Gasteiger charge is -2.23. The minimum absolute atomic E-state index is 0.0384. The molecular weight excluding hydrogens is 306 g/mol. The average Bonchev–Trinajstić information content (AvgIpc) is 2.84. The largest absolute Gasteiger partial charge is 0.326 e. The molecule has 1 heterocycles.